The van der Waals surface area contributed by atoms with Gasteiger partial charge >= 0.3 is 0 Å². The Labute approximate surface area is 87.3 Å². The number of quaternary nitrogens is 1. The number of hydrogen-bond donors (Lipinski definition) is 0. The van der Waals surface area contributed by atoms with Crippen molar-refractivity contribution in [3.05, 3.63) is 0 Å². The Bertz CT molecular complexity index is 270. The molecule has 0 aliphatic carbocycles. The predicted octanol–water partition coefficient (Wildman–Crippen LogP) is 0.653. The molecule has 0 aliphatic heterocycles. The lowest BCUT2D eigenvalue weighted by atomic mass is 10.2. The molecule has 0 aromatic heterocycles. The normalized spacial score (nSPS) is 15.9. The first-order valence-electron chi connectivity index (χ1n) is 4.81. The minimum atomic E-state index is -4.14. The van der Waals surface area contributed by atoms with Crippen LogP contribution in [0.15, 0.2) is 0 Å². The topological polar surface area (TPSA) is 57.2 Å². The van der Waals surface area contributed by atoms with Gasteiger partial charge < -0.3 is 9.04 Å². The van der Waals surface area contributed by atoms with Crippen LogP contribution >= 0.6 is 0 Å². The summed E-state index contributed by atoms with van der Waals surface area (Å²) in [7, 11) is -0.245. The molecule has 0 amide bonds. The standard InChI is InChI=1S/C9H21NO3S/c1-8(2)6-10(4,5)7-9(3)14(11,12)13/h8-9H,6-7H2,1-5H3. The van der Waals surface area contributed by atoms with Crippen molar-refractivity contribution >= 4 is 10.1 Å². The molecule has 0 radical (unpaired) electrons. The van der Waals surface area contributed by atoms with Crippen molar-refractivity contribution in [2.45, 2.75) is 26.0 Å². The third-order valence-electron chi connectivity index (χ3n) is 2.10. The summed E-state index contributed by atoms with van der Waals surface area (Å²) in [5, 5.41) is -0.809. The molecule has 86 valence electrons. The summed E-state index contributed by atoms with van der Waals surface area (Å²) < 4.78 is 32.8. The smallest absolute Gasteiger partial charge is 0.103 e. The number of hydrogen-bond acceptors (Lipinski definition) is 3. The van der Waals surface area contributed by atoms with Gasteiger partial charge in [0.25, 0.3) is 0 Å². The van der Waals surface area contributed by atoms with Crippen molar-refractivity contribution in [1.82, 2.24) is 0 Å². The Hall–Kier alpha value is -0.130. The average Bonchev–Trinajstić information content (AvgIpc) is 1.79. The molecule has 14 heavy (non-hydrogen) atoms. The van der Waals surface area contributed by atoms with E-state index in [-0.39, 0.29) is 0 Å². The Morgan fingerprint density at radius 2 is 1.57 bits per heavy atom. The van der Waals surface area contributed by atoms with Gasteiger partial charge in [-0.1, -0.05) is 13.8 Å². The van der Waals surface area contributed by atoms with Gasteiger partial charge in [0.1, 0.15) is 10.1 Å². The summed E-state index contributed by atoms with van der Waals surface area (Å²) in [6.45, 7) is 6.89. The maximum atomic E-state index is 10.7. The van der Waals surface area contributed by atoms with Gasteiger partial charge in [-0.2, -0.15) is 0 Å². The van der Waals surface area contributed by atoms with Crippen molar-refractivity contribution in [3.8, 4) is 0 Å². The lowest BCUT2D eigenvalue weighted by molar-refractivity contribution is -0.892. The molecule has 1 atom stereocenters. The maximum Gasteiger partial charge on any atom is 0.103 e. The van der Waals surface area contributed by atoms with Crippen LogP contribution in [0.2, 0.25) is 0 Å². The van der Waals surface area contributed by atoms with Crippen LogP contribution in [0.4, 0.5) is 0 Å². The first-order valence-corrected chi connectivity index (χ1v) is 6.28. The van der Waals surface area contributed by atoms with Crippen LogP contribution in [0.5, 0.6) is 0 Å². The second-order valence-corrected chi connectivity index (χ2v) is 6.79. The van der Waals surface area contributed by atoms with E-state index in [1.165, 1.54) is 6.92 Å². The Kier molecular flexibility index (Phi) is 4.55. The molecule has 5 heteroatoms. The average molecular weight is 223 g/mol. The zero-order valence-electron chi connectivity index (χ0n) is 9.65. The highest BCUT2D eigenvalue weighted by Gasteiger charge is 2.23. The highest BCUT2D eigenvalue weighted by molar-refractivity contribution is 7.86. The van der Waals surface area contributed by atoms with Crippen molar-refractivity contribution < 1.29 is 17.5 Å². The van der Waals surface area contributed by atoms with Crippen molar-refractivity contribution in [1.29, 1.82) is 0 Å². The molecule has 0 spiro atoms. The minimum Gasteiger partial charge on any atom is -0.748 e. The van der Waals surface area contributed by atoms with Gasteiger partial charge in [0.2, 0.25) is 0 Å². The number of nitrogens with zero attached hydrogens (tertiary/aromatic N) is 1. The lowest BCUT2D eigenvalue weighted by Crippen LogP contribution is -2.48. The van der Waals surface area contributed by atoms with E-state index < -0.39 is 15.4 Å². The van der Waals surface area contributed by atoms with Crippen LogP contribution in [0.1, 0.15) is 20.8 Å². The molecular formula is C9H21NO3S. The highest BCUT2D eigenvalue weighted by Crippen LogP contribution is 2.09. The van der Waals surface area contributed by atoms with E-state index in [9.17, 15) is 13.0 Å². The van der Waals surface area contributed by atoms with E-state index in [0.717, 1.165) is 6.54 Å². The molecule has 0 aromatic rings. The molecule has 4 nitrogen and oxygen atoms in total. The van der Waals surface area contributed by atoms with Crippen LogP contribution in [0.3, 0.4) is 0 Å². The molecule has 1 unspecified atom stereocenters. The van der Waals surface area contributed by atoms with Gasteiger partial charge in [-0.25, -0.2) is 8.42 Å². The third kappa shape index (κ3) is 5.57. The fourth-order valence-electron chi connectivity index (χ4n) is 1.85. The monoisotopic (exact) mass is 223 g/mol. The van der Waals surface area contributed by atoms with Crippen LogP contribution in [0, 0.1) is 5.92 Å². The summed E-state index contributed by atoms with van der Waals surface area (Å²) in [6, 6.07) is 0. The second-order valence-electron chi connectivity index (χ2n) is 5.00. The van der Waals surface area contributed by atoms with E-state index in [4.69, 9.17) is 0 Å². The molecule has 0 heterocycles. The fraction of sp³-hybridized carbons (Fsp3) is 1.00. The summed E-state index contributed by atoms with van der Waals surface area (Å²) >= 11 is 0. The fourth-order valence-corrected chi connectivity index (χ4v) is 2.44. The van der Waals surface area contributed by atoms with Crippen LogP contribution < -0.4 is 0 Å². The van der Waals surface area contributed by atoms with Crippen molar-refractivity contribution in [2.75, 3.05) is 27.2 Å². The Balaban J connectivity index is 4.37. The molecular weight excluding hydrogens is 202 g/mol. The summed E-state index contributed by atoms with van der Waals surface area (Å²) in [6.07, 6.45) is 0. The van der Waals surface area contributed by atoms with E-state index in [0.29, 0.717) is 16.9 Å². The van der Waals surface area contributed by atoms with E-state index in [1.54, 1.807) is 0 Å². The number of rotatable bonds is 5. The molecule has 0 saturated heterocycles. The van der Waals surface area contributed by atoms with E-state index in [1.807, 2.05) is 14.1 Å². The first kappa shape index (κ1) is 13.9. The van der Waals surface area contributed by atoms with Crippen molar-refractivity contribution in [2.24, 2.45) is 5.92 Å². The molecule has 0 saturated carbocycles. The zero-order chi connectivity index (χ0) is 11.6. The molecule has 0 aromatic carbocycles. The van der Waals surface area contributed by atoms with Gasteiger partial charge in [-0.15, -0.1) is 0 Å². The predicted molar refractivity (Wildman–Crippen MR) is 55.8 cm³/mol. The molecule has 0 fully saturated rings. The Morgan fingerprint density at radius 1 is 1.14 bits per heavy atom. The summed E-state index contributed by atoms with van der Waals surface area (Å²) in [5.74, 6) is 0.492. The molecule has 0 N–H and O–H groups in total. The maximum absolute atomic E-state index is 10.7. The van der Waals surface area contributed by atoms with Crippen molar-refractivity contribution in [3.63, 3.8) is 0 Å². The SMILES string of the molecule is CC(C)C[N+](C)(C)CC(C)S(=O)(=O)[O-]. The van der Waals surface area contributed by atoms with E-state index in [2.05, 4.69) is 13.8 Å². The van der Waals surface area contributed by atoms with E-state index >= 15 is 0 Å². The lowest BCUT2D eigenvalue weighted by Gasteiger charge is -2.34. The van der Waals surface area contributed by atoms with Gasteiger partial charge in [0, 0.05) is 5.92 Å². The van der Waals surface area contributed by atoms with Crippen LogP contribution in [0.25, 0.3) is 0 Å². The van der Waals surface area contributed by atoms with Gasteiger partial charge in [-0.3, -0.25) is 0 Å². The zero-order valence-corrected chi connectivity index (χ0v) is 10.5. The molecule has 0 rings (SSSR count). The minimum absolute atomic E-state index is 0.379. The summed E-state index contributed by atoms with van der Waals surface area (Å²) in [5.41, 5.74) is 0. The van der Waals surface area contributed by atoms with Crippen LogP contribution in [-0.2, 0) is 10.1 Å². The largest absolute Gasteiger partial charge is 0.748 e. The van der Waals surface area contributed by atoms with Gasteiger partial charge in [-0.05, 0) is 6.92 Å². The highest BCUT2D eigenvalue weighted by atomic mass is 32.2. The molecule has 0 bridgehead atoms. The van der Waals surface area contributed by atoms with Crippen LogP contribution in [-0.4, -0.2) is 49.9 Å². The third-order valence-corrected chi connectivity index (χ3v) is 3.24. The van der Waals surface area contributed by atoms with Gasteiger partial charge in [0.15, 0.2) is 0 Å². The summed E-state index contributed by atoms with van der Waals surface area (Å²) in [4.78, 5) is 0. The first-order chi connectivity index (χ1) is 6.04. The molecule has 0 aliphatic rings. The van der Waals surface area contributed by atoms with Gasteiger partial charge in [0.05, 0.1) is 32.4 Å². The Morgan fingerprint density at radius 3 is 1.86 bits per heavy atom. The second kappa shape index (κ2) is 4.59. The quantitative estimate of drug-likeness (QED) is 0.508.